The van der Waals surface area contributed by atoms with Crippen LogP contribution in [0.25, 0.3) is 0 Å². The van der Waals surface area contributed by atoms with Crippen LogP contribution in [-0.2, 0) is 22.9 Å². The van der Waals surface area contributed by atoms with Crippen molar-refractivity contribution in [1.82, 2.24) is 29.5 Å². The fraction of sp³-hybridized carbons (Fsp3) is 0.600. The van der Waals surface area contributed by atoms with Crippen molar-refractivity contribution >= 4 is 9.84 Å². The summed E-state index contributed by atoms with van der Waals surface area (Å²) in [6, 6.07) is 0. The zero-order valence-electron chi connectivity index (χ0n) is 10.5. The van der Waals surface area contributed by atoms with E-state index in [2.05, 4.69) is 20.2 Å². The number of hydrogen-bond donors (Lipinski definition) is 0. The van der Waals surface area contributed by atoms with Crippen molar-refractivity contribution in [2.45, 2.75) is 25.9 Å². The summed E-state index contributed by atoms with van der Waals surface area (Å²) in [5.74, 6) is 0.342. The molecule has 2 aromatic rings. The molecule has 0 aliphatic heterocycles. The van der Waals surface area contributed by atoms with Crippen LogP contribution >= 0.6 is 0 Å². The second-order valence-corrected chi connectivity index (χ2v) is 6.48. The fourth-order valence-corrected chi connectivity index (χ4v) is 3.03. The topological polar surface area (TPSA) is 95.6 Å². The van der Waals surface area contributed by atoms with Crippen molar-refractivity contribution in [2.24, 2.45) is 0 Å². The summed E-state index contributed by atoms with van der Waals surface area (Å²) in [5, 5.41) is 7.85. The molecule has 19 heavy (non-hydrogen) atoms. The Morgan fingerprint density at radius 1 is 0.842 bits per heavy atom. The van der Waals surface area contributed by atoms with Gasteiger partial charge in [0.15, 0.2) is 0 Å². The Balaban J connectivity index is 1.66. The molecule has 0 amide bonds. The van der Waals surface area contributed by atoms with E-state index in [1.54, 1.807) is 22.0 Å². The molecule has 0 bridgehead atoms. The third kappa shape index (κ3) is 4.78. The molecule has 0 aromatic carbocycles. The van der Waals surface area contributed by atoms with Gasteiger partial charge in [0.2, 0.25) is 0 Å². The van der Waals surface area contributed by atoms with Crippen molar-refractivity contribution in [3.63, 3.8) is 0 Å². The number of nitrogens with zero attached hydrogens (tertiary/aromatic N) is 6. The van der Waals surface area contributed by atoms with Crippen LogP contribution in [0.3, 0.4) is 0 Å². The van der Waals surface area contributed by atoms with Gasteiger partial charge in [-0.1, -0.05) is 0 Å². The Kier molecular flexibility index (Phi) is 4.61. The fourth-order valence-electron chi connectivity index (χ4n) is 1.69. The summed E-state index contributed by atoms with van der Waals surface area (Å²) in [5.41, 5.74) is 0. The molecule has 0 unspecified atom stereocenters. The molecule has 9 heteroatoms. The number of hydrogen-bond acceptors (Lipinski definition) is 6. The van der Waals surface area contributed by atoms with Gasteiger partial charge in [0, 0.05) is 13.1 Å². The SMILES string of the molecule is O=S(=O)(CCCn1cncn1)CCCn1cncn1. The third-order valence-corrected chi connectivity index (χ3v) is 4.44. The van der Waals surface area contributed by atoms with Gasteiger partial charge in [-0.25, -0.2) is 18.4 Å². The van der Waals surface area contributed by atoms with E-state index in [9.17, 15) is 8.42 Å². The molecule has 0 aliphatic carbocycles. The molecule has 0 fully saturated rings. The summed E-state index contributed by atoms with van der Waals surface area (Å²) >= 11 is 0. The average Bonchev–Trinajstić information content (AvgIpc) is 3.01. The average molecular weight is 284 g/mol. The predicted molar refractivity (Wildman–Crippen MR) is 67.9 cm³/mol. The third-order valence-electron chi connectivity index (χ3n) is 2.62. The summed E-state index contributed by atoms with van der Waals surface area (Å²) < 4.78 is 26.9. The summed E-state index contributed by atoms with van der Waals surface area (Å²) in [7, 11) is -3.01. The molecule has 8 nitrogen and oxygen atoms in total. The molecule has 0 radical (unpaired) electrons. The molecule has 2 aromatic heterocycles. The Morgan fingerprint density at radius 2 is 1.32 bits per heavy atom. The van der Waals surface area contributed by atoms with Crippen LogP contribution < -0.4 is 0 Å². The Labute approximate surface area is 111 Å². The van der Waals surface area contributed by atoms with Crippen LogP contribution in [0.15, 0.2) is 25.3 Å². The standard InChI is InChI=1S/C10H16N6O2S/c17-19(18,5-1-3-15-9-11-7-13-15)6-2-4-16-10-12-8-14-16/h7-10H,1-6H2. The summed E-state index contributed by atoms with van der Waals surface area (Å²) in [6.45, 7) is 1.14. The molecular formula is C10H16N6O2S. The minimum Gasteiger partial charge on any atom is -0.253 e. The maximum Gasteiger partial charge on any atom is 0.150 e. The quantitative estimate of drug-likeness (QED) is 0.664. The Bertz CT molecular complexity index is 517. The first kappa shape index (κ1) is 13.7. The van der Waals surface area contributed by atoms with Gasteiger partial charge >= 0.3 is 0 Å². The Morgan fingerprint density at radius 3 is 1.68 bits per heavy atom. The van der Waals surface area contributed by atoms with E-state index in [1.807, 2.05) is 0 Å². The zero-order valence-corrected chi connectivity index (χ0v) is 11.3. The lowest BCUT2D eigenvalue weighted by molar-refractivity contribution is 0.559. The van der Waals surface area contributed by atoms with Crippen molar-refractivity contribution in [3.05, 3.63) is 25.3 Å². The molecule has 2 heterocycles. The van der Waals surface area contributed by atoms with Crippen molar-refractivity contribution in [2.75, 3.05) is 11.5 Å². The van der Waals surface area contributed by atoms with Gasteiger partial charge in [-0.05, 0) is 12.8 Å². The predicted octanol–water partition coefficient (Wildman–Crippen LogP) is -0.235. The molecule has 104 valence electrons. The van der Waals surface area contributed by atoms with Gasteiger partial charge in [-0.3, -0.25) is 9.36 Å². The van der Waals surface area contributed by atoms with Crippen molar-refractivity contribution < 1.29 is 8.42 Å². The van der Waals surface area contributed by atoms with E-state index >= 15 is 0 Å². The molecule has 0 atom stereocenters. The van der Waals surface area contributed by atoms with E-state index in [1.165, 1.54) is 12.7 Å². The molecule has 0 N–H and O–H groups in total. The van der Waals surface area contributed by atoms with Crippen LogP contribution in [0, 0.1) is 0 Å². The lowest BCUT2D eigenvalue weighted by atomic mass is 10.5. The number of sulfone groups is 1. The van der Waals surface area contributed by atoms with Gasteiger partial charge in [0.1, 0.15) is 35.1 Å². The van der Waals surface area contributed by atoms with E-state index in [0.29, 0.717) is 25.9 Å². The lowest BCUT2D eigenvalue weighted by Gasteiger charge is -2.04. The van der Waals surface area contributed by atoms with Crippen LogP contribution in [-0.4, -0.2) is 49.5 Å². The van der Waals surface area contributed by atoms with E-state index in [4.69, 9.17) is 0 Å². The Hall–Kier alpha value is -1.77. The van der Waals surface area contributed by atoms with Crippen LogP contribution in [0.1, 0.15) is 12.8 Å². The monoisotopic (exact) mass is 284 g/mol. The first-order chi connectivity index (χ1) is 9.16. The second kappa shape index (κ2) is 6.41. The highest BCUT2D eigenvalue weighted by Crippen LogP contribution is 2.00. The highest BCUT2D eigenvalue weighted by atomic mass is 32.2. The number of aryl methyl sites for hydroxylation is 2. The molecule has 0 saturated carbocycles. The first-order valence-electron chi connectivity index (χ1n) is 6.01. The summed E-state index contributed by atoms with van der Waals surface area (Å²) in [4.78, 5) is 7.60. The van der Waals surface area contributed by atoms with Crippen LogP contribution in [0.5, 0.6) is 0 Å². The van der Waals surface area contributed by atoms with E-state index in [0.717, 1.165) is 0 Å². The zero-order chi connectivity index (χ0) is 13.6. The van der Waals surface area contributed by atoms with Gasteiger partial charge in [-0.15, -0.1) is 0 Å². The smallest absolute Gasteiger partial charge is 0.150 e. The number of rotatable bonds is 8. The van der Waals surface area contributed by atoms with E-state index < -0.39 is 9.84 Å². The molecule has 0 saturated heterocycles. The largest absolute Gasteiger partial charge is 0.253 e. The maximum absolute atomic E-state index is 11.8. The lowest BCUT2D eigenvalue weighted by Crippen LogP contribution is -2.15. The van der Waals surface area contributed by atoms with Gasteiger partial charge in [0.05, 0.1) is 11.5 Å². The minimum absolute atomic E-state index is 0.171. The van der Waals surface area contributed by atoms with Crippen LogP contribution in [0.2, 0.25) is 0 Å². The normalized spacial score (nSPS) is 11.8. The minimum atomic E-state index is -3.01. The molecule has 0 aliphatic rings. The van der Waals surface area contributed by atoms with Gasteiger partial charge in [-0.2, -0.15) is 10.2 Å². The van der Waals surface area contributed by atoms with Gasteiger partial charge in [0.25, 0.3) is 0 Å². The van der Waals surface area contributed by atoms with Crippen LogP contribution in [0.4, 0.5) is 0 Å². The van der Waals surface area contributed by atoms with Crippen molar-refractivity contribution in [3.8, 4) is 0 Å². The maximum atomic E-state index is 11.8. The highest BCUT2D eigenvalue weighted by molar-refractivity contribution is 7.91. The molecular weight excluding hydrogens is 268 g/mol. The van der Waals surface area contributed by atoms with Gasteiger partial charge < -0.3 is 0 Å². The van der Waals surface area contributed by atoms with Crippen molar-refractivity contribution in [1.29, 1.82) is 0 Å². The molecule has 0 spiro atoms. The summed E-state index contributed by atoms with van der Waals surface area (Å²) in [6.07, 6.45) is 7.14. The second-order valence-electron chi connectivity index (χ2n) is 4.18. The number of aromatic nitrogens is 6. The first-order valence-corrected chi connectivity index (χ1v) is 7.83. The molecule has 2 rings (SSSR count). The van der Waals surface area contributed by atoms with E-state index in [-0.39, 0.29) is 11.5 Å². The highest BCUT2D eigenvalue weighted by Gasteiger charge is 2.10.